The molecule has 1 aromatic rings. The summed E-state index contributed by atoms with van der Waals surface area (Å²) in [6, 6.07) is 6.48. The molecular weight excluding hydrogens is 236 g/mol. The summed E-state index contributed by atoms with van der Waals surface area (Å²) >= 11 is 0. The van der Waals surface area contributed by atoms with Crippen LogP contribution in [0.4, 0.5) is 0 Å². The van der Waals surface area contributed by atoms with Gasteiger partial charge in [-0.2, -0.15) is 0 Å². The van der Waals surface area contributed by atoms with Crippen LogP contribution in [-0.2, 0) is 9.53 Å². The molecule has 1 aliphatic rings. The van der Waals surface area contributed by atoms with Crippen LogP contribution in [0.25, 0.3) is 0 Å². The first-order valence-corrected chi connectivity index (χ1v) is 5.69. The zero-order chi connectivity index (χ0) is 13.2. The van der Waals surface area contributed by atoms with Crippen LogP contribution in [0, 0.1) is 5.41 Å². The van der Waals surface area contributed by atoms with Crippen LogP contribution in [0.3, 0.4) is 0 Å². The molecule has 1 aliphatic heterocycles. The minimum atomic E-state index is -1.41. The number of carbonyl (C=O) groups excluding carboxylic acids is 1. The molecule has 5 nitrogen and oxygen atoms in total. The van der Waals surface area contributed by atoms with Crippen LogP contribution >= 0.6 is 0 Å². The van der Waals surface area contributed by atoms with Crippen LogP contribution in [0.15, 0.2) is 24.3 Å². The van der Waals surface area contributed by atoms with Crippen LogP contribution in [-0.4, -0.2) is 36.7 Å². The predicted molar refractivity (Wildman–Crippen MR) is 62.8 cm³/mol. The van der Waals surface area contributed by atoms with E-state index < -0.39 is 17.2 Å². The lowest BCUT2D eigenvalue weighted by molar-refractivity contribution is -0.168. The lowest BCUT2D eigenvalue weighted by atomic mass is 9.78. The number of aliphatic carboxylic acids is 1. The van der Waals surface area contributed by atoms with Crippen molar-refractivity contribution in [2.45, 2.75) is 6.92 Å². The lowest BCUT2D eigenvalue weighted by Crippen LogP contribution is -2.54. The molecule has 0 aliphatic carbocycles. The molecule has 1 fully saturated rings. The van der Waals surface area contributed by atoms with Gasteiger partial charge in [-0.15, -0.1) is 0 Å². The molecule has 0 bridgehead atoms. The fourth-order valence-electron chi connectivity index (χ4n) is 1.80. The normalized spacial score (nSPS) is 16.7. The quantitative estimate of drug-likeness (QED) is 0.631. The van der Waals surface area contributed by atoms with Crippen molar-refractivity contribution in [3.63, 3.8) is 0 Å². The van der Waals surface area contributed by atoms with Crippen LogP contribution in [0.2, 0.25) is 0 Å². The molecule has 0 aromatic heterocycles. The average Bonchev–Trinajstić information content (AvgIpc) is 2.28. The van der Waals surface area contributed by atoms with Gasteiger partial charge in [-0.1, -0.05) is 0 Å². The van der Waals surface area contributed by atoms with Crippen molar-refractivity contribution < 1.29 is 24.2 Å². The Morgan fingerprint density at radius 2 is 1.94 bits per heavy atom. The first-order valence-electron chi connectivity index (χ1n) is 5.69. The molecule has 18 heavy (non-hydrogen) atoms. The van der Waals surface area contributed by atoms with Gasteiger partial charge in [0.1, 0.15) is 5.75 Å². The van der Waals surface area contributed by atoms with E-state index in [1.165, 1.54) is 0 Å². The third kappa shape index (κ3) is 1.97. The maximum atomic E-state index is 12.2. The molecule has 0 saturated carbocycles. The summed E-state index contributed by atoms with van der Waals surface area (Å²) in [5, 5.41) is 9.13. The molecule has 1 aromatic carbocycles. The van der Waals surface area contributed by atoms with E-state index in [4.69, 9.17) is 14.6 Å². The van der Waals surface area contributed by atoms with Crippen LogP contribution in [0.1, 0.15) is 17.3 Å². The highest BCUT2D eigenvalue weighted by molar-refractivity contribution is 6.13. The van der Waals surface area contributed by atoms with Gasteiger partial charge in [0.2, 0.25) is 0 Å². The Morgan fingerprint density at radius 3 is 2.33 bits per heavy atom. The summed E-state index contributed by atoms with van der Waals surface area (Å²) in [4.78, 5) is 23.3. The number of carboxylic acid groups (broad SMARTS) is 1. The molecule has 1 N–H and O–H groups in total. The Morgan fingerprint density at radius 1 is 1.33 bits per heavy atom. The highest BCUT2D eigenvalue weighted by Gasteiger charge is 2.53. The Hall–Kier alpha value is -1.88. The third-order valence-corrected chi connectivity index (χ3v) is 2.97. The van der Waals surface area contributed by atoms with E-state index in [1.807, 2.05) is 6.92 Å². The van der Waals surface area contributed by atoms with Gasteiger partial charge in [0.25, 0.3) is 0 Å². The second kappa shape index (κ2) is 4.78. The van der Waals surface area contributed by atoms with Crippen LogP contribution < -0.4 is 4.74 Å². The summed E-state index contributed by atoms with van der Waals surface area (Å²) in [6.45, 7) is 2.28. The molecule has 0 amide bonds. The molecule has 96 valence electrons. The van der Waals surface area contributed by atoms with E-state index in [9.17, 15) is 9.59 Å². The molecule has 0 spiro atoms. The number of ether oxygens (including phenoxy) is 2. The topological polar surface area (TPSA) is 72.8 Å². The second-order valence-corrected chi connectivity index (χ2v) is 4.17. The molecule has 2 rings (SSSR count). The number of carbonyl (C=O) groups is 2. The zero-order valence-corrected chi connectivity index (χ0v) is 10.0. The van der Waals surface area contributed by atoms with Gasteiger partial charge in [0.05, 0.1) is 19.8 Å². The molecule has 1 saturated heterocycles. The van der Waals surface area contributed by atoms with E-state index in [2.05, 4.69) is 0 Å². The lowest BCUT2D eigenvalue weighted by Gasteiger charge is -2.35. The van der Waals surface area contributed by atoms with Crippen molar-refractivity contribution in [2.75, 3.05) is 19.8 Å². The summed E-state index contributed by atoms with van der Waals surface area (Å²) in [5.74, 6) is -0.889. The smallest absolute Gasteiger partial charge is 0.322 e. The Kier molecular flexibility index (Phi) is 3.34. The summed E-state index contributed by atoms with van der Waals surface area (Å²) in [6.07, 6.45) is 0. The molecule has 0 atom stereocenters. The van der Waals surface area contributed by atoms with E-state index >= 15 is 0 Å². The van der Waals surface area contributed by atoms with Gasteiger partial charge in [0.15, 0.2) is 11.2 Å². The predicted octanol–water partition coefficient (Wildman–Crippen LogP) is 1.37. The van der Waals surface area contributed by atoms with E-state index in [-0.39, 0.29) is 13.2 Å². The number of ketones is 1. The molecular formula is C13H14O5. The largest absolute Gasteiger partial charge is 0.494 e. The zero-order valence-electron chi connectivity index (χ0n) is 10.0. The molecule has 0 unspecified atom stereocenters. The minimum Gasteiger partial charge on any atom is -0.494 e. The van der Waals surface area contributed by atoms with E-state index in [1.54, 1.807) is 24.3 Å². The fourth-order valence-corrected chi connectivity index (χ4v) is 1.80. The van der Waals surface area contributed by atoms with Gasteiger partial charge in [-0.05, 0) is 31.2 Å². The first kappa shape index (κ1) is 12.6. The monoisotopic (exact) mass is 250 g/mol. The van der Waals surface area contributed by atoms with Crippen molar-refractivity contribution in [1.82, 2.24) is 0 Å². The van der Waals surface area contributed by atoms with Crippen molar-refractivity contribution in [2.24, 2.45) is 5.41 Å². The molecule has 1 heterocycles. The summed E-state index contributed by atoms with van der Waals surface area (Å²) in [7, 11) is 0. The minimum absolute atomic E-state index is 0.0611. The summed E-state index contributed by atoms with van der Waals surface area (Å²) in [5.41, 5.74) is -1.04. The number of Topliss-reactive ketones (excluding diaryl/α,β-unsaturated/α-hetero) is 1. The standard InChI is InChI=1S/C13H14O5/c1-2-18-10-5-3-9(4-6-10)11(14)13(12(15)16)7-17-8-13/h3-6H,2,7-8H2,1H3,(H,15,16). The van der Waals surface area contributed by atoms with Crippen molar-refractivity contribution in [3.8, 4) is 5.75 Å². The van der Waals surface area contributed by atoms with Gasteiger partial charge >= 0.3 is 5.97 Å². The van der Waals surface area contributed by atoms with Gasteiger partial charge < -0.3 is 14.6 Å². The van der Waals surface area contributed by atoms with Crippen molar-refractivity contribution >= 4 is 11.8 Å². The number of hydrogen-bond donors (Lipinski definition) is 1. The van der Waals surface area contributed by atoms with Crippen LogP contribution in [0.5, 0.6) is 5.75 Å². The Bertz CT molecular complexity index is 459. The average molecular weight is 250 g/mol. The van der Waals surface area contributed by atoms with Crippen molar-refractivity contribution in [1.29, 1.82) is 0 Å². The number of benzene rings is 1. The maximum Gasteiger partial charge on any atom is 0.322 e. The van der Waals surface area contributed by atoms with E-state index in [0.29, 0.717) is 17.9 Å². The third-order valence-electron chi connectivity index (χ3n) is 2.97. The second-order valence-electron chi connectivity index (χ2n) is 4.17. The Balaban J connectivity index is 2.20. The molecule has 5 heteroatoms. The first-order chi connectivity index (χ1) is 8.60. The van der Waals surface area contributed by atoms with Crippen molar-refractivity contribution in [3.05, 3.63) is 29.8 Å². The Labute approximate surface area is 104 Å². The fraction of sp³-hybridized carbons (Fsp3) is 0.385. The van der Waals surface area contributed by atoms with E-state index in [0.717, 1.165) is 0 Å². The number of carboxylic acids is 1. The highest BCUT2D eigenvalue weighted by atomic mass is 16.5. The maximum absolute atomic E-state index is 12.2. The summed E-state index contributed by atoms with van der Waals surface area (Å²) < 4.78 is 10.1. The SMILES string of the molecule is CCOc1ccc(C(=O)C2(C(=O)O)COC2)cc1. The molecule has 0 radical (unpaired) electrons. The highest BCUT2D eigenvalue weighted by Crippen LogP contribution is 2.32. The van der Waals surface area contributed by atoms with Gasteiger partial charge in [-0.25, -0.2) is 0 Å². The van der Waals surface area contributed by atoms with Gasteiger partial charge in [0, 0.05) is 5.56 Å². The van der Waals surface area contributed by atoms with Gasteiger partial charge in [-0.3, -0.25) is 9.59 Å². The number of rotatable bonds is 5. The number of hydrogen-bond acceptors (Lipinski definition) is 4.